The van der Waals surface area contributed by atoms with Crippen LogP contribution in [0.3, 0.4) is 0 Å². The van der Waals surface area contributed by atoms with Crippen molar-refractivity contribution in [3.8, 4) is 11.1 Å². The van der Waals surface area contributed by atoms with E-state index in [1.54, 1.807) is 0 Å². The molecule has 1 aromatic carbocycles. The molecule has 0 bridgehead atoms. The van der Waals surface area contributed by atoms with Crippen LogP contribution in [0, 0.1) is 11.9 Å². The highest BCUT2D eigenvalue weighted by Gasteiger charge is 2.07. The second-order valence-electron chi connectivity index (χ2n) is 3.92. The highest BCUT2D eigenvalue weighted by atomic mass is 19.1. The van der Waals surface area contributed by atoms with E-state index < -0.39 is 11.9 Å². The predicted molar refractivity (Wildman–Crippen MR) is 63.6 cm³/mol. The maximum absolute atomic E-state index is 13.4. The molecule has 0 fully saturated rings. The minimum absolute atomic E-state index is 0.328. The summed E-state index contributed by atoms with van der Waals surface area (Å²) in [6.07, 6.45) is 2.08. The number of pyridine rings is 1. The molecule has 0 spiro atoms. The molecule has 0 saturated carbocycles. The van der Waals surface area contributed by atoms with Gasteiger partial charge in [-0.2, -0.15) is 13.8 Å². The van der Waals surface area contributed by atoms with Crippen LogP contribution in [0.2, 0.25) is 0 Å². The molecule has 17 heavy (non-hydrogen) atoms. The molecular weight excluding hydrogens is 220 g/mol. The van der Waals surface area contributed by atoms with E-state index in [0.29, 0.717) is 5.56 Å². The molecule has 0 unspecified atom stereocenters. The second kappa shape index (κ2) is 5.04. The van der Waals surface area contributed by atoms with E-state index in [2.05, 4.69) is 11.9 Å². The Kier molecular flexibility index (Phi) is 3.47. The van der Waals surface area contributed by atoms with Crippen LogP contribution >= 0.6 is 0 Å². The zero-order valence-corrected chi connectivity index (χ0v) is 9.58. The first-order chi connectivity index (χ1) is 8.20. The average molecular weight is 233 g/mol. The third-order valence-corrected chi connectivity index (χ3v) is 2.62. The first-order valence-electron chi connectivity index (χ1n) is 5.62. The van der Waals surface area contributed by atoms with Crippen molar-refractivity contribution in [2.45, 2.75) is 19.8 Å². The van der Waals surface area contributed by atoms with Gasteiger partial charge in [0.2, 0.25) is 11.9 Å². The number of halogens is 2. The first-order valence-corrected chi connectivity index (χ1v) is 5.62. The molecule has 1 heterocycles. The summed E-state index contributed by atoms with van der Waals surface area (Å²) in [5.74, 6) is -1.57. The molecule has 3 heteroatoms. The summed E-state index contributed by atoms with van der Waals surface area (Å²) in [5, 5.41) is 0. The summed E-state index contributed by atoms with van der Waals surface area (Å²) in [4.78, 5) is 3.18. The van der Waals surface area contributed by atoms with Crippen molar-refractivity contribution in [2.75, 3.05) is 0 Å². The van der Waals surface area contributed by atoms with Crippen LogP contribution in [-0.4, -0.2) is 4.98 Å². The van der Waals surface area contributed by atoms with E-state index in [-0.39, 0.29) is 0 Å². The van der Waals surface area contributed by atoms with Crippen molar-refractivity contribution in [3.05, 3.63) is 53.9 Å². The Hall–Kier alpha value is -1.77. The molecule has 0 aliphatic heterocycles. The first kappa shape index (κ1) is 11.7. The normalized spacial score (nSPS) is 10.5. The molecule has 0 aliphatic carbocycles. The standard InChI is InChI=1S/C14H13F2N/c1-2-3-10-4-6-11(7-5-10)12-8-9-13(15)17-14(12)16/h4-9H,2-3H2,1H3. The molecule has 0 atom stereocenters. The third-order valence-electron chi connectivity index (χ3n) is 2.62. The lowest BCUT2D eigenvalue weighted by molar-refractivity contribution is 0.515. The highest BCUT2D eigenvalue weighted by molar-refractivity contribution is 5.63. The van der Waals surface area contributed by atoms with Gasteiger partial charge in [0.15, 0.2) is 0 Å². The molecular formula is C14H13F2N. The summed E-state index contributed by atoms with van der Waals surface area (Å²) in [6.45, 7) is 2.11. The summed E-state index contributed by atoms with van der Waals surface area (Å²) in [7, 11) is 0. The van der Waals surface area contributed by atoms with Crippen LogP contribution in [0.5, 0.6) is 0 Å². The number of aromatic nitrogens is 1. The Morgan fingerprint density at radius 1 is 1.00 bits per heavy atom. The van der Waals surface area contributed by atoms with E-state index >= 15 is 0 Å². The minimum Gasteiger partial charge on any atom is -0.190 e. The topological polar surface area (TPSA) is 12.9 Å². The Morgan fingerprint density at radius 3 is 2.29 bits per heavy atom. The SMILES string of the molecule is CCCc1ccc(-c2ccc(F)nc2F)cc1. The van der Waals surface area contributed by atoms with Gasteiger partial charge in [0.25, 0.3) is 0 Å². The molecule has 1 aromatic heterocycles. The van der Waals surface area contributed by atoms with Gasteiger partial charge in [0.1, 0.15) is 0 Å². The van der Waals surface area contributed by atoms with Crippen molar-refractivity contribution < 1.29 is 8.78 Å². The van der Waals surface area contributed by atoms with E-state index in [4.69, 9.17) is 0 Å². The lowest BCUT2D eigenvalue weighted by Crippen LogP contribution is -1.92. The molecule has 0 N–H and O–H groups in total. The molecule has 0 amide bonds. The number of rotatable bonds is 3. The lowest BCUT2D eigenvalue weighted by Gasteiger charge is -2.04. The molecule has 2 rings (SSSR count). The van der Waals surface area contributed by atoms with Gasteiger partial charge < -0.3 is 0 Å². The Balaban J connectivity index is 2.33. The van der Waals surface area contributed by atoms with Crippen LogP contribution in [0.4, 0.5) is 8.78 Å². The molecule has 1 nitrogen and oxygen atoms in total. The monoisotopic (exact) mass is 233 g/mol. The lowest BCUT2D eigenvalue weighted by atomic mass is 10.0. The Labute approximate surface area is 99.1 Å². The van der Waals surface area contributed by atoms with Gasteiger partial charge in [0, 0.05) is 5.56 Å². The number of benzene rings is 1. The van der Waals surface area contributed by atoms with E-state index in [0.717, 1.165) is 18.4 Å². The van der Waals surface area contributed by atoms with Gasteiger partial charge in [0.05, 0.1) is 0 Å². The third kappa shape index (κ3) is 2.67. The van der Waals surface area contributed by atoms with Gasteiger partial charge in [-0.1, -0.05) is 37.6 Å². The van der Waals surface area contributed by atoms with Crippen molar-refractivity contribution >= 4 is 0 Å². The van der Waals surface area contributed by atoms with E-state index in [1.165, 1.54) is 17.7 Å². The molecule has 0 aliphatic rings. The van der Waals surface area contributed by atoms with Crippen molar-refractivity contribution in [1.82, 2.24) is 4.98 Å². The smallest absolute Gasteiger partial charge is 0.190 e. The number of aryl methyl sites for hydroxylation is 1. The van der Waals surface area contributed by atoms with Crippen molar-refractivity contribution in [1.29, 1.82) is 0 Å². The fourth-order valence-corrected chi connectivity index (χ4v) is 1.77. The van der Waals surface area contributed by atoms with Crippen LogP contribution in [0.25, 0.3) is 11.1 Å². The largest absolute Gasteiger partial charge is 0.223 e. The summed E-state index contributed by atoms with van der Waals surface area (Å²) in [6, 6.07) is 10.2. The molecule has 2 aromatic rings. The van der Waals surface area contributed by atoms with Gasteiger partial charge in [-0.05, 0) is 29.7 Å². The Bertz CT molecular complexity index is 506. The van der Waals surface area contributed by atoms with Gasteiger partial charge in [-0.15, -0.1) is 0 Å². The highest BCUT2D eigenvalue weighted by Crippen LogP contribution is 2.22. The second-order valence-corrected chi connectivity index (χ2v) is 3.92. The van der Waals surface area contributed by atoms with Crippen molar-refractivity contribution in [3.63, 3.8) is 0 Å². The molecule has 88 valence electrons. The maximum atomic E-state index is 13.4. The zero-order valence-electron chi connectivity index (χ0n) is 9.58. The maximum Gasteiger partial charge on any atom is 0.223 e. The molecule has 0 saturated heterocycles. The quantitative estimate of drug-likeness (QED) is 0.731. The van der Waals surface area contributed by atoms with Crippen LogP contribution < -0.4 is 0 Å². The minimum atomic E-state index is -0.797. The zero-order chi connectivity index (χ0) is 12.3. The predicted octanol–water partition coefficient (Wildman–Crippen LogP) is 3.98. The van der Waals surface area contributed by atoms with Gasteiger partial charge in [-0.3, -0.25) is 0 Å². The van der Waals surface area contributed by atoms with Crippen molar-refractivity contribution in [2.24, 2.45) is 0 Å². The number of hydrogen-bond donors (Lipinski definition) is 0. The van der Waals surface area contributed by atoms with Gasteiger partial charge >= 0.3 is 0 Å². The fourth-order valence-electron chi connectivity index (χ4n) is 1.77. The number of hydrogen-bond acceptors (Lipinski definition) is 1. The van der Waals surface area contributed by atoms with Crippen LogP contribution in [-0.2, 0) is 6.42 Å². The van der Waals surface area contributed by atoms with Crippen LogP contribution in [0.15, 0.2) is 36.4 Å². The van der Waals surface area contributed by atoms with Crippen LogP contribution in [0.1, 0.15) is 18.9 Å². The Morgan fingerprint density at radius 2 is 1.71 bits per heavy atom. The number of nitrogens with zero attached hydrogens (tertiary/aromatic N) is 1. The summed E-state index contributed by atoms with van der Waals surface area (Å²) < 4.78 is 26.1. The summed E-state index contributed by atoms with van der Waals surface area (Å²) >= 11 is 0. The van der Waals surface area contributed by atoms with E-state index in [1.807, 2.05) is 24.3 Å². The molecule has 0 radical (unpaired) electrons. The average Bonchev–Trinajstić information content (AvgIpc) is 2.31. The van der Waals surface area contributed by atoms with E-state index in [9.17, 15) is 8.78 Å². The fraction of sp³-hybridized carbons (Fsp3) is 0.214. The van der Waals surface area contributed by atoms with Gasteiger partial charge in [-0.25, -0.2) is 0 Å². The summed E-state index contributed by atoms with van der Waals surface area (Å²) in [5.41, 5.74) is 2.26.